The Hall–Kier alpha value is -3.27. The minimum atomic E-state index is -0.507. The van der Waals surface area contributed by atoms with Crippen LogP contribution in [0.3, 0.4) is 0 Å². The molecule has 0 bridgehead atoms. The van der Waals surface area contributed by atoms with Gasteiger partial charge in [0, 0.05) is 0 Å². The monoisotopic (exact) mass is 373 g/mol. The van der Waals surface area contributed by atoms with Crippen molar-refractivity contribution in [1.82, 2.24) is 0 Å². The van der Waals surface area contributed by atoms with Crippen molar-refractivity contribution in [2.75, 3.05) is 6.61 Å². The van der Waals surface area contributed by atoms with Crippen molar-refractivity contribution in [2.45, 2.75) is 51.9 Å². The summed E-state index contributed by atoms with van der Waals surface area (Å²) in [5.74, 6) is 18.4. The summed E-state index contributed by atoms with van der Waals surface area (Å²) in [7, 11) is 0. The average molecular weight is 373 g/mol. The van der Waals surface area contributed by atoms with Crippen LogP contribution in [0.15, 0.2) is 24.3 Å². The molecule has 0 radical (unpaired) electrons. The van der Waals surface area contributed by atoms with Gasteiger partial charge in [0.2, 0.25) is 0 Å². The quantitative estimate of drug-likeness (QED) is 0.467. The van der Waals surface area contributed by atoms with Gasteiger partial charge in [0.05, 0.1) is 11.5 Å². The van der Waals surface area contributed by atoms with Crippen LogP contribution in [0, 0.1) is 53.8 Å². The predicted molar refractivity (Wildman–Crippen MR) is 114 cm³/mol. The Morgan fingerprint density at radius 3 is 2.46 bits per heavy atom. The van der Waals surface area contributed by atoms with Gasteiger partial charge in [-0.2, -0.15) is 0 Å². The highest BCUT2D eigenvalue weighted by Gasteiger charge is 2.11. The number of para-hydroxylation sites is 1. The Kier molecular flexibility index (Phi) is 12.1. The number of hydrogen-bond donors (Lipinski definition) is 1. The number of primary amides is 1. The first-order chi connectivity index (χ1) is 13.7. The molecule has 0 aliphatic heterocycles. The lowest BCUT2D eigenvalue weighted by Gasteiger charge is -2.14. The smallest absolute Gasteiger partial charge is 0.252 e. The molecule has 1 unspecified atom stereocenters. The number of benzene rings is 1. The Morgan fingerprint density at radius 1 is 1.04 bits per heavy atom. The molecule has 0 saturated heterocycles. The Balaban J connectivity index is 2.69. The molecule has 1 aromatic rings. The number of unbranched alkanes of at least 4 members (excludes halogenated alkanes) is 5. The number of hydrogen-bond acceptors (Lipinski definition) is 2. The van der Waals surface area contributed by atoms with Gasteiger partial charge in [0.15, 0.2) is 0 Å². The highest BCUT2D eigenvalue weighted by molar-refractivity contribution is 5.95. The van der Waals surface area contributed by atoms with Crippen molar-refractivity contribution in [2.24, 2.45) is 11.7 Å². The van der Waals surface area contributed by atoms with Gasteiger partial charge >= 0.3 is 0 Å². The fourth-order valence-electron chi connectivity index (χ4n) is 2.62. The number of nitrogens with two attached hydrogens (primary N) is 1. The van der Waals surface area contributed by atoms with E-state index in [4.69, 9.17) is 16.9 Å². The maximum atomic E-state index is 11.5. The predicted octanol–water partition coefficient (Wildman–Crippen LogP) is 4.17. The summed E-state index contributed by atoms with van der Waals surface area (Å²) in [4.78, 5) is 11.5. The van der Waals surface area contributed by atoms with E-state index < -0.39 is 5.91 Å². The van der Waals surface area contributed by atoms with Crippen LogP contribution in [0.2, 0.25) is 0 Å². The molecule has 3 nitrogen and oxygen atoms in total. The Morgan fingerprint density at radius 2 is 1.71 bits per heavy atom. The third-order valence-electron chi connectivity index (χ3n) is 4.10. The zero-order chi connectivity index (χ0) is 20.5. The number of terminal acetylenes is 1. The van der Waals surface area contributed by atoms with Crippen LogP contribution in [0.5, 0.6) is 5.75 Å². The third-order valence-corrected chi connectivity index (χ3v) is 4.10. The first-order valence-corrected chi connectivity index (χ1v) is 9.66. The van der Waals surface area contributed by atoms with Crippen molar-refractivity contribution in [3.63, 3.8) is 0 Å². The van der Waals surface area contributed by atoms with Crippen molar-refractivity contribution in [3.8, 4) is 53.6 Å². The van der Waals surface area contributed by atoms with Gasteiger partial charge in [0.1, 0.15) is 12.4 Å². The second-order valence-electron chi connectivity index (χ2n) is 6.34. The van der Waals surface area contributed by atoms with E-state index in [2.05, 4.69) is 48.4 Å². The summed E-state index contributed by atoms with van der Waals surface area (Å²) < 4.78 is 5.85. The fourth-order valence-corrected chi connectivity index (χ4v) is 2.62. The fraction of sp³-hybridized carbons (Fsp3) is 0.400. The highest BCUT2D eigenvalue weighted by Crippen LogP contribution is 2.19. The lowest BCUT2D eigenvalue weighted by atomic mass is 10.0. The molecule has 3 heteroatoms. The zero-order valence-corrected chi connectivity index (χ0v) is 16.5. The number of amides is 1. The van der Waals surface area contributed by atoms with E-state index in [9.17, 15) is 4.79 Å². The maximum Gasteiger partial charge on any atom is 0.252 e. The van der Waals surface area contributed by atoms with Gasteiger partial charge in [-0.15, -0.1) is 6.42 Å². The van der Waals surface area contributed by atoms with E-state index in [1.54, 1.807) is 18.2 Å². The third kappa shape index (κ3) is 10.0. The average Bonchev–Trinajstić information content (AvgIpc) is 2.70. The molecule has 0 aliphatic rings. The van der Waals surface area contributed by atoms with Crippen LogP contribution in [-0.4, -0.2) is 12.5 Å². The molecule has 2 N–H and O–H groups in total. The molecule has 1 atom stereocenters. The van der Waals surface area contributed by atoms with Crippen LogP contribution < -0.4 is 10.5 Å². The van der Waals surface area contributed by atoms with E-state index in [0.717, 1.165) is 12.8 Å². The highest BCUT2D eigenvalue weighted by atomic mass is 16.5. The van der Waals surface area contributed by atoms with Crippen LogP contribution in [-0.2, 0) is 0 Å². The van der Waals surface area contributed by atoms with Crippen LogP contribution >= 0.6 is 0 Å². The first-order valence-electron chi connectivity index (χ1n) is 9.66. The Labute approximate surface area is 169 Å². The largest absolute Gasteiger partial charge is 0.491 e. The van der Waals surface area contributed by atoms with Crippen molar-refractivity contribution >= 4 is 5.91 Å². The topological polar surface area (TPSA) is 52.3 Å². The molecule has 1 aromatic carbocycles. The van der Waals surface area contributed by atoms with E-state index in [-0.39, 0.29) is 5.92 Å². The second kappa shape index (κ2) is 14.9. The van der Waals surface area contributed by atoms with Crippen molar-refractivity contribution in [1.29, 1.82) is 0 Å². The lowest BCUT2D eigenvalue weighted by molar-refractivity contribution is 0.0995. The summed E-state index contributed by atoms with van der Waals surface area (Å²) >= 11 is 0. The lowest BCUT2D eigenvalue weighted by Crippen LogP contribution is -2.16. The van der Waals surface area contributed by atoms with Crippen LogP contribution in [0.1, 0.15) is 62.2 Å². The SMILES string of the molecule is C#CC#CC#CC#CC(CCCCCCCC)COc1ccccc1C(N)=O. The molecular formula is C25H27NO2. The molecule has 0 fully saturated rings. The van der Waals surface area contributed by atoms with Crippen LogP contribution in [0.25, 0.3) is 0 Å². The zero-order valence-electron chi connectivity index (χ0n) is 16.5. The second-order valence-corrected chi connectivity index (χ2v) is 6.34. The van der Waals surface area contributed by atoms with Gasteiger partial charge in [-0.25, -0.2) is 0 Å². The van der Waals surface area contributed by atoms with Gasteiger partial charge in [0.25, 0.3) is 5.91 Å². The minimum absolute atomic E-state index is 0.0157. The number of rotatable bonds is 11. The standard InChI is InChI=1S/C25H27NO2/c1-3-5-7-9-11-13-17-22(18-14-12-10-8-6-4-2)21-28-24-20-16-15-19-23(24)25(26)27/h1,15-16,19-20,22H,4,6,8,10,12,14,18,21H2,2H3,(H2,26,27). The minimum Gasteiger partial charge on any atom is -0.491 e. The molecule has 0 saturated carbocycles. The molecule has 1 rings (SSSR count). The van der Waals surface area contributed by atoms with Gasteiger partial charge in [-0.1, -0.05) is 63.5 Å². The molecular weight excluding hydrogens is 346 g/mol. The van der Waals surface area contributed by atoms with Gasteiger partial charge in [-0.3, -0.25) is 4.79 Å². The molecule has 0 aromatic heterocycles. The van der Waals surface area contributed by atoms with Crippen molar-refractivity contribution in [3.05, 3.63) is 29.8 Å². The van der Waals surface area contributed by atoms with E-state index in [0.29, 0.717) is 17.9 Å². The first kappa shape index (κ1) is 22.8. The summed E-state index contributed by atoms with van der Waals surface area (Å²) in [6.07, 6.45) is 13.2. The van der Waals surface area contributed by atoms with Gasteiger partial charge < -0.3 is 10.5 Å². The molecule has 0 aliphatic carbocycles. The van der Waals surface area contributed by atoms with E-state index in [1.165, 1.54) is 32.1 Å². The number of ether oxygens (including phenoxy) is 1. The van der Waals surface area contributed by atoms with Crippen molar-refractivity contribution < 1.29 is 9.53 Å². The molecule has 1 amide bonds. The van der Waals surface area contributed by atoms with Crippen LogP contribution in [0.4, 0.5) is 0 Å². The Bertz CT molecular complexity index is 844. The molecule has 0 spiro atoms. The summed E-state index contributed by atoms with van der Waals surface area (Å²) in [6, 6.07) is 6.96. The summed E-state index contributed by atoms with van der Waals surface area (Å²) in [5.41, 5.74) is 5.78. The maximum absolute atomic E-state index is 11.5. The number of carbonyl (C=O) groups excluding carboxylic acids is 1. The van der Waals surface area contributed by atoms with E-state index in [1.807, 2.05) is 6.07 Å². The molecule has 28 heavy (non-hydrogen) atoms. The molecule has 0 heterocycles. The van der Waals surface area contributed by atoms with Gasteiger partial charge in [-0.05, 0) is 54.1 Å². The number of carbonyl (C=O) groups is 1. The molecule has 144 valence electrons. The van der Waals surface area contributed by atoms with E-state index >= 15 is 0 Å². The normalized spacial score (nSPS) is 10.0. The summed E-state index contributed by atoms with van der Waals surface area (Å²) in [6.45, 7) is 2.59. The summed E-state index contributed by atoms with van der Waals surface area (Å²) in [5, 5.41) is 0.